The van der Waals surface area contributed by atoms with Gasteiger partial charge in [-0.3, -0.25) is 9.48 Å². The molecule has 3 aromatic rings. The maximum absolute atomic E-state index is 12.6. The summed E-state index contributed by atoms with van der Waals surface area (Å²) in [6.07, 6.45) is 1.80. The maximum atomic E-state index is 12.6. The summed E-state index contributed by atoms with van der Waals surface area (Å²) in [5, 5.41) is 7.27. The van der Waals surface area contributed by atoms with Gasteiger partial charge in [-0.05, 0) is 56.5 Å². The first-order chi connectivity index (χ1) is 13.4. The monoisotopic (exact) mass is 377 g/mol. The number of nitrogens with zero attached hydrogens (tertiary/aromatic N) is 2. The average molecular weight is 377 g/mol. The van der Waals surface area contributed by atoms with E-state index in [2.05, 4.69) is 10.4 Å². The van der Waals surface area contributed by atoms with Gasteiger partial charge < -0.3 is 10.1 Å². The Morgan fingerprint density at radius 2 is 1.75 bits per heavy atom. The number of nitrogens with one attached hydrogen (secondary N) is 1. The highest BCUT2D eigenvalue weighted by Crippen LogP contribution is 2.23. The fraction of sp³-hybridized carbons (Fsp3) is 0.304. The SMILES string of the molecule is Cc1cccc(C)c1OCc1ccc(C(=O)NC(C)c2cnn(C)c2C)cc1. The number of aromatic nitrogens is 2. The topological polar surface area (TPSA) is 56.1 Å². The summed E-state index contributed by atoms with van der Waals surface area (Å²) in [5.74, 6) is 0.822. The lowest BCUT2D eigenvalue weighted by atomic mass is 10.1. The number of rotatable bonds is 6. The molecule has 1 heterocycles. The summed E-state index contributed by atoms with van der Waals surface area (Å²) in [4.78, 5) is 12.6. The van der Waals surface area contributed by atoms with Gasteiger partial charge in [-0.15, -0.1) is 0 Å². The van der Waals surface area contributed by atoms with Crippen LogP contribution in [0.25, 0.3) is 0 Å². The van der Waals surface area contributed by atoms with Crippen LogP contribution in [0, 0.1) is 20.8 Å². The van der Waals surface area contributed by atoms with E-state index in [1.807, 2.05) is 81.9 Å². The van der Waals surface area contributed by atoms with Crippen molar-refractivity contribution in [2.45, 2.75) is 40.3 Å². The number of hydrogen-bond acceptors (Lipinski definition) is 3. The smallest absolute Gasteiger partial charge is 0.251 e. The number of benzene rings is 2. The van der Waals surface area contributed by atoms with Crippen molar-refractivity contribution in [3.63, 3.8) is 0 Å². The fourth-order valence-corrected chi connectivity index (χ4v) is 3.23. The van der Waals surface area contributed by atoms with Gasteiger partial charge in [0.2, 0.25) is 0 Å². The van der Waals surface area contributed by atoms with E-state index in [1.54, 1.807) is 6.20 Å². The van der Waals surface area contributed by atoms with Crippen LogP contribution in [0.2, 0.25) is 0 Å². The van der Waals surface area contributed by atoms with Gasteiger partial charge in [0.25, 0.3) is 5.91 Å². The summed E-state index contributed by atoms with van der Waals surface area (Å²) in [6, 6.07) is 13.5. The third kappa shape index (κ3) is 4.25. The van der Waals surface area contributed by atoms with Gasteiger partial charge in [0.15, 0.2) is 0 Å². The molecule has 0 radical (unpaired) electrons. The van der Waals surface area contributed by atoms with E-state index in [1.165, 1.54) is 0 Å². The van der Waals surface area contributed by atoms with Crippen molar-refractivity contribution in [2.75, 3.05) is 0 Å². The van der Waals surface area contributed by atoms with Gasteiger partial charge in [0.05, 0.1) is 12.2 Å². The molecule has 0 bridgehead atoms. The highest BCUT2D eigenvalue weighted by molar-refractivity contribution is 5.94. The van der Waals surface area contributed by atoms with Crippen molar-refractivity contribution in [3.8, 4) is 5.75 Å². The molecule has 1 aromatic heterocycles. The highest BCUT2D eigenvalue weighted by atomic mass is 16.5. The number of hydrogen-bond donors (Lipinski definition) is 1. The largest absolute Gasteiger partial charge is 0.488 e. The summed E-state index contributed by atoms with van der Waals surface area (Å²) >= 11 is 0. The Morgan fingerprint density at radius 1 is 1.11 bits per heavy atom. The third-order valence-corrected chi connectivity index (χ3v) is 5.10. The van der Waals surface area contributed by atoms with Crippen molar-refractivity contribution in [1.82, 2.24) is 15.1 Å². The first kappa shape index (κ1) is 19.7. The Balaban J connectivity index is 1.62. The summed E-state index contributed by atoms with van der Waals surface area (Å²) in [5.41, 5.74) is 5.96. The highest BCUT2D eigenvalue weighted by Gasteiger charge is 2.15. The predicted octanol–water partition coefficient (Wildman–Crippen LogP) is 4.42. The number of carbonyl (C=O) groups is 1. The average Bonchev–Trinajstić information content (AvgIpc) is 3.00. The van der Waals surface area contributed by atoms with Crippen LogP contribution in [0.1, 0.15) is 51.3 Å². The molecule has 0 fully saturated rings. The number of carbonyl (C=O) groups excluding carboxylic acids is 1. The van der Waals surface area contributed by atoms with Crippen molar-refractivity contribution < 1.29 is 9.53 Å². The first-order valence-electron chi connectivity index (χ1n) is 9.44. The van der Waals surface area contributed by atoms with Crippen LogP contribution in [0.4, 0.5) is 0 Å². The van der Waals surface area contributed by atoms with E-state index in [0.29, 0.717) is 12.2 Å². The van der Waals surface area contributed by atoms with E-state index >= 15 is 0 Å². The van der Waals surface area contributed by atoms with Crippen molar-refractivity contribution in [2.24, 2.45) is 7.05 Å². The molecule has 1 atom stereocenters. The van der Waals surface area contributed by atoms with Crippen LogP contribution in [0.15, 0.2) is 48.7 Å². The van der Waals surface area contributed by atoms with Gasteiger partial charge in [-0.25, -0.2) is 0 Å². The summed E-state index contributed by atoms with van der Waals surface area (Å²) in [7, 11) is 1.90. The minimum absolute atomic E-state index is 0.0991. The molecule has 146 valence electrons. The zero-order valence-corrected chi connectivity index (χ0v) is 17.1. The van der Waals surface area contributed by atoms with Crippen molar-refractivity contribution in [1.29, 1.82) is 0 Å². The van der Waals surface area contributed by atoms with E-state index < -0.39 is 0 Å². The van der Waals surface area contributed by atoms with Gasteiger partial charge in [0, 0.05) is 23.9 Å². The minimum Gasteiger partial charge on any atom is -0.488 e. The standard InChI is InChI=1S/C23H27N3O2/c1-15-7-6-8-16(2)22(15)28-14-19-9-11-20(12-10-19)23(27)25-17(3)21-13-24-26(5)18(21)4/h6-13,17H,14H2,1-5H3,(H,25,27). The van der Waals surface area contributed by atoms with Gasteiger partial charge >= 0.3 is 0 Å². The molecule has 1 amide bonds. The Kier molecular flexibility index (Phi) is 5.83. The third-order valence-electron chi connectivity index (χ3n) is 5.10. The van der Waals surface area contributed by atoms with Crippen LogP contribution in [-0.4, -0.2) is 15.7 Å². The zero-order valence-electron chi connectivity index (χ0n) is 17.1. The molecule has 1 N–H and O–H groups in total. The zero-order chi connectivity index (χ0) is 20.3. The molecule has 0 spiro atoms. The fourth-order valence-electron chi connectivity index (χ4n) is 3.23. The van der Waals surface area contributed by atoms with Crippen LogP contribution in [-0.2, 0) is 13.7 Å². The molecule has 28 heavy (non-hydrogen) atoms. The summed E-state index contributed by atoms with van der Waals surface area (Å²) in [6.45, 7) is 8.52. The lowest BCUT2D eigenvalue weighted by molar-refractivity contribution is 0.0939. The Labute approximate surface area is 166 Å². The lowest BCUT2D eigenvalue weighted by Crippen LogP contribution is -2.26. The second kappa shape index (κ2) is 8.30. The molecule has 0 aliphatic heterocycles. The minimum atomic E-state index is -0.103. The van der Waals surface area contributed by atoms with Crippen molar-refractivity contribution in [3.05, 3.63) is 82.2 Å². The molecular formula is C23H27N3O2. The first-order valence-corrected chi connectivity index (χ1v) is 9.44. The van der Waals surface area contributed by atoms with E-state index in [-0.39, 0.29) is 11.9 Å². The van der Waals surface area contributed by atoms with Crippen LogP contribution < -0.4 is 10.1 Å². The number of para-hydroxylation sites is 1. The molecular weight excluding hydrogens is 350 g/mol. The second-order valence-corrected chi connectivity index (χ2v) is 7.21. The number of amides is 1. The lowest BCUT2D eigenvalue weighted by Gasteiger charge is -2.14. The van der Waals surface area contributed by atoms with Crippen LogP contribution in [0.3, 0.4) is 0 Å². The van der Waals surface area contributed by atoms with E-state index in [4.69, 9.17) is 4.74 Å². The molecule has 2 aromatic carbocycles. The number of aryl methyl sites for hydroxylation is 3. The Morgan fingerprint density at radius 3 is 2.32 bits per heavy atom. The quantitative estimate of drug-likeness (QED) is 0.692. The number of ether oxygens (including phenoxy) is 1. The van der Waals surface area contributed by atoms with Crippen molar-refractivity contribution >= 4 is 5.91 Å². The predicted molar refractivity (Wildman–Crippen MR) is 111 cm³/mol. The Hall–Kier alpha value is -3.08. The van der Waals surface area contributed by atoms with Crippen LogP contribution >= 0.6 is 0 Å². The normalized spacial score (nSPS) is 11.9. The molecule has 0 aliphatic rings. The second-order valence-electron chi connectivity index (χ2n) is 7.21. The van der Waals surface area contributed by atoms with Gasteiger partial charge in [-0.1, -0.05) is 30.3 Å². The Bertz CT molecular complexity index is 954. The van der Waals surface area contributed by atoms with Crippen LogP contribution in [0.5, 0.6) is 5.75 Å². The van der Waals surface area contributed by atoms with Gasteiger partial charge in [0.1, 0.15) is 12.4 Å². The molecule has 1 unspecified atom stereocenters. The maximum Gasteiger partial charge on any atom is 0.251 e. The molecule has 0 saturated carbocycles. The summed E-state index contributed by atoms with van der Waals surface area (Å²) < 4.78 is 7.79. The van der Waals surface area contributed by atoms with Gasteiger partial charge in [-0.2, -0.15) is 5.10 Å². The molecule has 5 heteroatoms. The van der Waals surface area contributed by atoms with E-state index in [9.17, 15) is 4.79 Å². The molecule has 3 rings (SSSR count). The van der Waals surface area contributed by atoms with E-state index in [0.717, 1.165) is 33.7 Å². The molecule has 0 aliphatic carbocycles. The molecule has 0 saturated heterocycles. The molecule has 5 nitrogen and oxygen atoms in total.